The summed E-state index contributed by atoms with van der Waals surface area (Å²) < 4.78 is 0.0595. The van der Waals surface area contributed by atoms with Crippen LogP contribution in [-0.2, 0) is 6.54 Å². The molecule has 82 valence electrons. The molecule has 0 saturated heterocycles. The summed E-state index contributed by atoms with van der Waals surface area (Å²) in [4.78, 5) is 14.8. The third-order valence-electron chi connectivity index (χ3n) is 2.17. The molecule has 0 bridgehead atoms. The fraction of sp³-hybridized carbons (Fsp3) is 0.364. The van der Waals surface area contributed by atoms with Crippen molar-refractivity contribution in [1.82, 2.24) is 4.90 Å². The summed E-state index contributed by atoms with van der Waals surface area (Å²) in [6.07, 6.45) is 0. The molecule has 0 unspecified atom stereocenters. The molecule has 0 aliphatic heterocycles. The molecule has 15 heavy (non-hydrogen) atoms. The van der Waals surface area contributed by atoms with E-state index in [9.17, 15) is 4.79 Å². The zero-order chi connectivity index (χ0) is 11.4. The molecule has 0 N–H and O–H groups in total. The molecule has 0 fully saturated rings. The minimum atomic E-state index is 0.0595. The molecule has 4 heteroatoms. The third-order valence-corrected chi connectivity index (χ3v) is 3.00. The molecule has 0 heterocycles. The topological polar surface area (TPSA) is 23.6 Å². The quantitative estimate of drug-likeness (QED) is 0.486. The number of hydrogen-bond donors (Lipinski definition) is 0. The van der Waals surface area contributed by atoms with E-state index in [-0.39, 0.29) is 3.91 Å². The van der Waals surface area contributed by atoms with E-state index in [2.05, 4.69) is 17.0 Å². The summed E-state index contributed by atoms with van der Waals surface area (Å²) in [7, 11) is 5.82. The van der Waals surface area contributed by atoms with Crippen LogP contribution in [0.2, 0.25) is 0 Å². The molecule has 0 aromatic heterocycles. The van der Waals surface area contributed by atoms with Crippen molar-refractivity contribution in [3.8, 4) is 0 Å². The van der Waals surface area contributed by atoms with Gasteiger partial charge >= 0.3 is 0 Å². The molecule has 0 atom stereocenters. The highest BCUT2D eigenvalue weighted by Gasteiger charge is 2.04. The predicted octanol–water partition coefficient (Wildman–Crippen LogP) is 2.74. The largest absolute Gasteiger partial charge is 0.378 e. The molecule has 1 rings (SSSR count). The number of anilines is 1. The third kappa shape index (κ3) is 3.70. The first-order chi connectivity index (χ1) is 7.00. The van der Waals surface area contributed by atoms with Crippen molar-refractivity contribution in [2.75, 3.05) is 26.0 Å². The SMILES string of the molecule is CN(Cc1ccc(N(C)C)cc1)C(=O)I. The van der Waals surface area contributed by atoms with Gasteiger partial charge in [0.2, 0.25) is 0 Å². The Bertz CT molecular complexity index is 335. The highest BCUT2D eigenvalue weighted by molar-refractivity contribution is 14.1. The van der Waals surface area contributed by atoms with Crippen molar-refractivity contribution in [3.05, 3.63) is 29.8 Å². The number of hydrogen-bond acceptors (Lipinski definition) is 2. The fourth-order valence-electron chi connectivity index (χ4n) is 1.24. The van der Waals surface area contributed by atoms with Gasteiger partial charge < -0.3 is 9.80 Å². The number of halogens is 1. The molecular formula is C11H15IN2O. The Hall–Kier alpha value is -0.780. The highest BCUT2D eigenvalue weighted by atomic mass is 127. The Kier molecular flexibility index (Phi) is 4.38. The van der Waals surface area contributed by atoms with Crippen LogP contribution < -0.4 is 4.90 Å². The van der Waals surface area contributed by atoms with E-state index in [1.165, 1.54) is 5.69 Å². The normalized spacial score (nSPS) is 9.87. The molecule has 0 aliphatic carbocycles. The van der Waals surface area contributed by atoms with Gasteiger partial charge in [0.25, 0.3) is 3.91 Å². The van der Waals surface area contributed by atoms with E-state index in [0.29, 0.717) is 6.54 Å². The lowest BCUT2D eigenvalue weighted by Gasteiger charge is -2.16. The van der Waals surface area contributed by atoms with E-state index < -0.39 is 0 Å². The van der Waals surface area contributed by atoms with Gasteiger partial charge in [0, 0.05) is 56.0 Å². The van der Waals surface area contributed by atoms with Gasteiger partial charge in [-0.1, -0.05) is 12.1 Å². The number of rotatable bonds is 3. The predicted molar refractivity (Wildman–Crippen MR) is 71.7 cm³/mol. The van der Waals surface area contributed by atoms with E-state index in [4.69, 9.17) is 0 Å². The van der Waals surface area contributed by atoms with Gasteiger partial charge in [0.1, 0.15) is 0 Å². The van der Waals surface area contributed by atoms with Crippen LogP contribution in [0.25, 0.3) is 0 Å². The van der Waals surface area contributed by atoms with Crippen molar-refractivity contribution >= 4 is 32.2 Å². The summed E-state index contributed by atoms with van der Waals surface area (Å²) in [5.41, 5.74) is 2.32. The smallest absolute Gasteiger partial charge is 0.283 e. The van der Waals surface area contributed by atoms with E-state index >= 15 is 0 Å². The molecular weight excluding hydrogens is 303 g/mol. The van der Waals surface area contributed by atoms with Crippen LogP contribution in [0, 0.1) is 0 Å². The summed E-state index contributed by atoms with van der Waals surface area (Å²) in [5, 5.41) is 0. The van der Waals surface area contributed by atoms with Gasteiger partial charge in [0.05, 0.1) is 0 Å². The Morgan fingerprint density at radius 3 is 2.13 bits per heavy atom. The van der Waals surface area contributed by atoms with Crippen LogP contribution >= 0.6 is 22.6 Å². The van der Waals surface area contributed by atoms with Crippen LogP contribution in [0.5, 0.6) is 0 Å². The van der Waals surface area contributed by atoms with Crippen molar-refractivity contribution in [1.29, 1.82) is 0 Å². The average Bonchev–Trinajstić information content (AvgIpc) is 2.18. The average molecular weight is 318 g/mol. The van der Waals surface area contributed by atoms with Crippen molar-refractivity contribution in [3.63, 3.8) is 0 Å². The Balaban J connectivity index is 2.68. The molecule has 1 aromatic carbocycles. The van der Waals surface area contributed by atoms with E-state index in [0.717, 1.165) is 5.56 Å². The molecule has 1 amide bonds. The molecule has 0 radical (unpaired) electrons. The van der Waals surface area contributed by atoms with Gasteiger partial charge in [0.15, 0.2) is 0 Å². The monoisotopic (exact) mass is 318 g/mol. The van der Waals surface area contributed by atoms with Gasteiger partial charge in [-0.3, -0.25) is 4.79 Å². The van der Waals surface area contributed by atoms with Crippen LogP contribution in [-0.4, -0.2) is 30.0 Å². The second kappa shape index (κ2) is 5.34. The molecule has 0 saturated carbocycles. The van der Waals surface area contributed by atoms with Gasteiger partial charge in [-0.05, 0) is 17.7 Å². The summed E-state index contributed by atoms with van der Waals surface area (Å²) in [6, 6.07) is 8.21. The number of carbonyl (C=O) groups is 1. The summed E-state index contributed by atoms with van der Waals surface area (Å²) in [6.45, 7) is 0.662. The van der Waals surface area contributed by atoms with Crippen molar-refractivity contribution in [2.45, 2.75) is 6.54 Å². The first-order valence-electron chi connectivity index (χ1n) is 4.67. The van der Waals surface area contributed by atoms with Crippen LogP contribution in [0.1, 0.15) is 5.56 Å². The minimum absolute atomic E-state index is 0.0595. The first kappa shape index (κ1) is 12.3. The van der Waals surface area contributed by atoms with E-state index in [1.54, 1.807) is 34.5 Å². The number of benzene rings is 1. The number of amides is 1. The number of carbonyl (C=O) groups excluding carboxylic acids is 1. The Labute approximate surface area is 104 Å². The summed E-state index contributed by atoms with van der Waals surface area (Å²) in [5.74, 6) is 0. The highest BCUT2D eigenvalue weighted by Crippen LogP contribution is 2.13. The standard InChI is InChI=1S/C11H15IN2O/c1-13(2)10-6-4-9(5-7-10)8-14(3)11(12)15/h4-7H,8H2,1-3H3. The molecule has 0 aliphatic rings. The fourth-order valence-corrected chi connectivity index (χ4v) is 1.41. The lowest BCUT2D eigenvalue weighted by molar-refractivity contribution is 0.235. The lowest BCUT2D eigenvalue weighted by atomic mass is 10.2. The van der Waals surface area contributed by atoms with Crippen LogP contribution in [0.3, 0.4) is 0 Å². The first-order valence-corrected chi connectivity index (χ1v) is 5.75. The second-order valence-electron chi connectivity index (χ2n) is 3.67. The van der Waals surface area contributed by atoms with Gasteiger partial charge in [-0.25, -0.2) is 0 Å². The van der Waals surface area contributed by atoms with Crippen molar-refractivity contribution < 1.29 is 4.79 Å². The van der Waals surface area contributed by atoms with Gasteiger partial charge in [-0.15, -0.1) is 0 Å². The zero-order valence-corrected chi connectivity index (χ0v) is 11.4. The van der Waals surface area contributed by atoms with Gasteiger partial charge in [-0.2, -0.15) is 0 Å². The minimum Gasteiger partial charge on any atom is -0.378 e. The maximum atomic E-state index is 11.0. The number of nitrogens with zero attached hydrogens (tertiary/aromatic N) is 2. The molecule has 3 nitrogen and oxygen atoms in total. The lowest BCUT2D eigenvalue weighted by Crippen LogP contribution is -2.19. The van der Waals surface area contributed by atoms with Crippen LogP contribution in [0.4, 0.5) is 10.5 Å². The Morgan fingerprint density at radius 2 is 1.73 bits per heavy atom. The van der Waals surface area contributed by atoms with E-state index in [1.807, 2.05) is 26.2 Å². The van der Waals surface area contributed by atoms with Crippen molar-refractivity contribution in [2.24, 2.45) is 0 Å². The molecule has 1 aromatic rings. The molecule has 0 spiro atoms. The maximum Gasteiger partial charge on any atom is 0.283 e. The Morgan fingerprint density at radius 1 is 1.20 bits per heavy atom. The van der Waals surface area contributed by atoms with Crippen LogP contribution in [0.15, 0.2) is 24.3 Å². The zero-order valence-electron chi connectivity index (χ0n) is 9.20. The maximum absolute atomic E-state index is 11.0. The second-order valence-corrected chi connectivity index (χ2v) is 4.59. The summed E-state index contributed by atoms with van der Waals surface area (Å²) >= 11 is 1.79.